The van der Waals surface area contributed by atoms with Crippen molar-refractivity contribution in [3.63, 3.8) is 0 Å². The Hall–Kier alpha value is -1.36. The molecule has 5 heteroatoms. The molecule has 1 atom stereocenters. The third-order valence-electron chi connectivity index (χ3n) is 2.85. The number of amides is 1. The zero-order valence-electron chi connectivity index (χ0n) is 11.0. The Balaban J connectivity index is 4.82. The van der Waals surface area contributed by atoms with Gasteiger partial charge >= 0.3 is 5.97 Å². The number of carboxylic acids is 1. The molecule has 0 aromatic heterocycles. The lowest BCUT2D eigenvalue weighted by Crippen LogP contribution is -2.57. The number of carbonyl (C=O) groups excluding carboxylic acids is 1. The Morgan fingerprint density at radius 3 is 2.41 bits per heavy atom. The molecule has 0 saturated carbocycles. The first-order valence-electron chi connectivity index (χ1n) is 5.67. The van der Waals surface area contributed by atoms with Gasteiger partial charge in [-0.15, -0.1) is 6.58 Å². The molecule has 0 aliphatic rings. The molecule has 0 saturated heterocycles. The van der Waals surface area contributed by atoms with Crippen LogP contribution >= 0.6 is 0 Å². The average molecular weight is 242 g/mol. The molecule has 0 bridgehead atoms. The van der Waals surface area contributed by atoms with Crippen molar-refractivity contribution in [2.24, 2.45) is 0 Å². The zero-order chi connectivity index (χ0) is 13.6. The molecule has 0 rings (SSSR count). The van der Waals surface area contributed by atoms with E-state index in [0.717, 1.165) is 0 Å². The Morgan fingerprint density at radius 2 is 2.06 bits per heavy atom. The Labute approximate surface area is 102 Å². The number of hydrogen-bond donors (Lipinski definition) is 2. The molecule has 0 aliphatic heterocycles. The predicted molar refractivity (Wildman–Crippen MR) is 66.8 cm³/mol. The average Bonchev–Trinajstić information content (AvgIpc) is 2.25. The van der Waals surface area contributed by atoms with Crippen molar-refractivity contribution >= 4 is 11.9 Å². The third-order valence-corrected chi connectivity index (χ3v) is 2.85. The Bertz CT molecular complexity index is 300. The van der Waals surface area contributed by atoms with E-state index in [1.165, 1.54) is 0 Å². The van der Waals surface area contributed by atoms with Gasteiger partial charge in [0.05, 0.1) is 6.04 Å². The van der Waals surface area contributed by atoms with Crippen LogP contribution in [-0.2, 0) is 9.59 Å². The highest BCUT2D eigenvalue weighted by molar-refractivity contribution is 5.84. The van der Waals surface area contributed by atoms with E-state index in [1.54, 1.807) is 31.7 Å². The number of likely N-dealkylation sites (N-methyl/N-ethyl adjacent to an activating group) is 1. The maximum Gasteiger partial charge on any atom is 0.323 e. The summed E-state index contributed by atoms with van der Waals surface area (Å²) in [5, 5.41) is 11.8. The van der Waals surface area contributed by atoms with Crippen LogP contribution in [0.3, 0.4) is 0 Å². The lowest BCUT2D eigenvalue weighted by molar-refractivity contribution is -0.152. The predicted octanol–water partition coefficient (Wildman–Crippen LogP) is 0.862. The largest absolute Gasteiger partial charge is 0.480 e. The molecule has 0 radical (unpaired) electrons. The van der Waals surface area contributed by atoms with Crippen molar-refractivity contribution in [1.82, 2.24) is 10.2 Å². The van der Waals surface area contributed by atoms with Crippen LogP contribution in [0, 0.1) is 0 Å². The number of hydrogen-bond acceptors (Lipinski definition) is 3. The molecule has 1 unspecified atom stereocenters. The molecule has 0 aromatic carbocycles. The van der Waals surface area contributed by atoms with Crippen LogP contribution in [0.25, 0.3) is 0 Å². The fraction of sp³-hybridized carbons (Fsp3) is 0.667. The summed E-state index contributed by atoms with van der Waals surface area (Å²) in [6.45, 7) is 11.1. The van der Waals surface area contributed by atoms with Crippen molar-refractivity contribution in [3.8, 4) is 0 Å². The van der Waals surface area contributed by atoms with Crippen molar-refractivity contribution in [2.75, 3.05) is 13.1 Å². The smallest absolute Gasteiger partial charge is 0.323 e. The number of carboxylic acid groups (broad SMARTS) is 1. The van der Waals surface area contributed by atoms with Gasteiger partial charge in [0.1, 0.15) is 5.54 Å². The van der Waals surface area contributed by atoms with E-state index < -0.39 is 17.6 Å². The first-order chi connectivity index (χ1) is 7.78. The van der Waals surface area contributed by atoms with Gasteiger partial charge in [0.2, 0.25) is 5.91 Å². The highest BCUT2D eigenvalue weighted by Crippen LogP contribution is 2.17. The second-order valence-electron chi connectivity index (χ2n) is 4.36. The molecule has 0 spiro atoms. The van der Waals surface area contributed by atoms with E-state index in [2.05, 4.69) is 11.9 Å². The number of nitrogens with zero attached hydrogens (tertiary/aromatic N) is 1. The van der Waals surface area contributed by atoms with Gasteiger partial charge in [-0.05, 0) is 27.3 Å². The van der Waals surface area contributed by atoms with E-state index in [-0.39, 0.29) is 5.91 Å². The number of aliphatic carboxylic acids is 1. The molecule has 17 heavy (non-hydrogen) atoms. The summed E-state index contributed by atoms with van der Waals surface area (Å²) in [6.07, 6.45) is 1.59. The van der Waals surface area contributed by atoms with Crippen molar-refractivity contribution in [2.45, 2.75) is 39.3 Å². The van der Waals surface area contributed by atoms with E-state index in [0.29, 0.717) is 13.1 Å². The van der Waals surface area contributed by atoms with Gasteiger partial charge in [-0.3, -0.25) is 14.5 Å². The summed E-state index contributed by atoms with van der Waals surface area (Å²) >= 11 is 0. The van der Waals surface area contributed by atoms with Crippen LogP contribution in [0.5, 0.6) is 0 Å². The minimum Gasteiger partial charge on any atom is -0.480 e. The van der Waals surface area contributed by atoms with E-state index >= 15 is 0 Å². The molecule has 0 aromatic rings. The molecule has 0 aliphatic carbocycles. The van der Waals surface area contributed by atoms with E-state index in [9.17, 15) is 9.59 Å². The van der Waals surface area contributed by atoms with Gasteiger partial charge in [-0.1, -0.05) is 13.0 Å². The molecular weight excluding hydrogens is 220 g/mol. The van der Waals surface area contributed by atoms with E-state index in [4.69, 9.17) is 5.11 Å². The minimum absolute atomic E-state index is 0.193. The van der Waals surface area contributed by atoms with Crippen LogP contribution < -0.4 is 5.32 Å². The second-order valence-corrected chi connectivity index (χ2v) is 4.36. The number of rotatable bonds is 7. The molecule has 98 valence electrons. The van der Waals surface area contributed by atoms with Gasteiger partial charge in [0.25, 0.3) is 0 Å². The Morgan fingerprint density at radius 1 is 1.53 bits per heavy atom. The van der Waals surface area contributed by atoms with Gasteiger partial charge < -0.3 is 10.4 Å². The molecule has 2 N–H and O–H groups in total. The van der Waals surface area contributed by atoms with Gasteiger partial charge in [0, 0.05) is 6.54 Å². The molecule has 0 heterocycles. The molecule has 0 fully saturated rings. The summed E-state index contributed by atoms with van der Waals surface area (Å²) in [6, 6.07) is -0.494. The van der Waals surface area contributed by atoms with Crippen LogP contribution in [0.15, 0.2) is 12.7 Å². The first-order valence-corrected chi connectivity index (χ1v) is 5.67. The number of carbonyl (C=O) groups is 2. The summed E-state index contributed by atoms with van der Waals surface area (Å²) in [5.41, 5.74) is -1.07. The topological polar surface area (TPSA) is 69.6 Å². The summed E-state index contributed by atoms with van der Waals surface area (Å²) in [7, 11) is 0. The highest BCUT2D eigenvalue weighted by Gasteiger charge is 2.38. The molecule has 1 amide bonds. The van der Waals surface area contributed by atoms with Gasteiger partial charge in [-0.2, -0.15) is 0 Å². The highest BCUT2D eigenvalue weighted by atomic mass is 16.4. The first kappa shape index (κ1) is 15.6. The fourth-order valence-electron chi connectivity index (χ4n) is 1.74. The van der Waals surface area contributed by atoms with Crippen molar-refractivity contribution in [3.05, 3.63) is 12.7 Å². The zero-order valence-corrected chi connectivity index (χ0v) is 11.0. The van der Waals surface area contributed by atoms with Gasteiger partial charge in [0.15, 0.2) is 0 Å². The second kappa shape index (κ2) is 6.39. The summed E-state index contributed by atoms with van der Waals surface area (Å²) < 4.78 is 0. The summed E-state index contributed by atoms with van der Waals surface area (Å²) in [4.78, 5) is 24.6. The SMILES string of the molecule is C=CCNC(=O)C(C)N(CC)C(C)(C)C(=O)O. The maximum absolute atomic E-state index is 11.8. The normalized spacial score (nSPS) is 13.2. The van der Waals surface area contributed by atoms with Crippen LogP contribution in [-0.4, -0.2) is 46.6 Å². The van der Waals surface area contributed by atoms with Crippen LogP contribution in [0.2, 0.25) is 0 Å². The van der Waals surface area contributed by atoms with Crippen molar-refractivity contribution in [1.29, 1.82) is 0 Å². The third kappa shape index (κ3) is 3.85. The quantitative estimate of drug-likeness (QED) is 0.650. The number of nitrogens with one attached hydrogen (secondary N) is 1. The summed E-state index contributed by atoms with van der Waals surface area (Å²) in [5.74, 6) is -1.14. The van der Waals surface area contributed by atoms with Crippen molar-refractivity contribution < 1.29 is 14.7 Å². The van der Waals surface area contributed by atoms with E-state index in [1.807, 2.05) is 6.92 Å². The lowest BCUT2D eigenvalue weighted by Gasteiger charge is -2.37. The van der Waals surface area contributed by atoms with Crippen LogP contribution in [0.4, 0.5) is 0 Å². The lowest BCUT2D eigenvalue weighted by atomic mass is 10.0. The Kier molecular flexibility index (Phi) is 5.88. The molecular formula is C12H22N2O3. The van der Waals surface area contributed by atoms with Crippen LogP contribution in [0.1, 0.15) is 27.7 Å². The minimum atomic E-state index is -1.07. The standard InChI is InChI=1S/C12H22N2O3/c1-6-8-13-10(15)9(3)14(7-2)12(4,5)11(16)17/h6,9H,1,7-8H2,2-5H3,(H,13,15)(H,16,17). The fourth-order valence-corrected chi connectivity index (χ4v) is 1.74. The monoisotopic (exact) mass is 242 g/mol. The molecule has 5 nitrogen and oxygen atoms in total. The maximum atomic E-state index is 11.8. The van der Waals surface area contributed by atoms with Gasteiger partial charge in [-0.25, -0.2) is 0 Å².